The van der Waals surface area contributed by atoms with Crippen LogP contribution < -0.4 is 11.3 Å². The van der Waals surface area contributed by atoms with Gasteiger partial charge in [-0.05, 0) is 34.4 Å². The Hall–Kier alpha value is -0.120. The summed E-state index contributed by atoms with van der Waals surface area (Å²) >= 11 is 0. The summed E-state index contributed by atoms with van der Waals surface area (Å²) in [6.45, 7) is 6.77. The number of hydrazine groups is 1. The first-order valence-electron chi connectivity index (χ1n) is 8.10. The van der Waals surface area contributed by atoms with Crippen molar-refractivity contribution in [3.8, 4) is 0 Å². The number of hydrogen-bond donors (Lipinski definition) is 2. The monoisotopic (exact) mass is 271 g/mol. The Morgan fingerprint density at radius 1 is 0.947 bits per heavy atom. The van der Waals surface area contributed by atoms with Crippen molar-refractivity contribution >= 4 is 0 Å². The molecular formula is C16H37N3. The molecule has 0 aliphatic carbocycles. The van der Waals surface area contributed by atoms with Gasteiger partial charge in [-0.15, -0.1) is 0 Å². The lowest BCUT2D eigenvalue weighted by Crippen LogP contribution is -2.57. The Labute approximate surface area is 121 Å². The Bertz CT molecular complexity index is 202. The Kier molecular flexibility index (Phi) is 10.6. The van der Waals surface area contributed by atoms with Crippen molar-refractivity contribution in [3.05, 3.63) is 0 Å². The van der Waals surface area contributed by atoms with Crippen LogP contribution in [0.5, 0.6) is 0 Å². The van der Waals surface area contributed by atoms with Crippen molar-refractivity contribution in [2.75, 3.05) is 14.1 Å². The molecule has 0 spiro atoms. The van der Waals surface area contributed by atoms with Crippen molar-refractivity contribution in [2.45, 2.75) is 90.1 Å². The molecule has 0 aliphatic heterocycles. The molecule has 0 rings (SSSR count). The second kappa shape index (κ2) is 10.6. The van der Waals surface area contributed by atoms with Crippen LogP contribution in [0.4, 0.5) is 0 Å². The van der Waals surface area contributed by atoms with Gasteiger partial charge in [0.05, 0.1) is 0 Å². The highest BCUT2D eigenvalue weighted by Gasteiger charge is 2.30. The minimum absolute atomic E-state index is 0.107. The van der Waals surface area contributed by atoms with E-state index < -0.39 is 0 Å². The third kappa shape index (κ3) is 7.91. The molecule has 3 nitrogen and oxygen atoms in total. The SMILES string of the molecule is CCCCCCCCCCC(NN)C(C)(C)N(C)C. The van der Waals surface area contributed by atoms with Gasteiger partial charge in [-0.1, -0.05) is 58.3 Å². The number of nitrogens with one attached hydrogen (secondary N) is 1. The van der Waals surface area contributed by atoms with E-state index in [-0.39, 0.29) is 5.54 Å². The predicted octanol–water partition coefficient (Wildman–Crippen LogP) is 3.69. The van der Waals surface area contributed by atoms with E-state index in [2.05, 4.69) is 45.2 Å². The first-order valence-corrected chi connectivity index (χ1v) is 8.10. The summed E-state index contributed by atoms with van der Waals surface area (Å²) in [5.41, 5.74) is 3.11. The van der Waals surface area contributed by atoms with Crippen molar-refractivity contribution in [1.29, 1.82) is 0 Å². The lowest BCUT2D eigenvalue weighted by atomic mass is 9.89. The topological polar surface area (TPSA) is 41.3 Å². The zero-order chi connectivity index (χ0) is 14.7. The lowest BCUT2D eigenvalue weighted by Gasteiger charge is -2.40. The number of nitrogens with zero attached hydrogens (tertiary/aromatic N) is 1. The third-order valence-electron chi connectivity index (χ3n) is 4.55. The van der Waals surface area contributed by atoms with Crippen LogP contribution in [0.25, 0.3) is 0 Å². The summed E-state index contributed by atoms with van der Waals surface area (Å²) < 4.78 is 0. The van der Waals surface area contributed by atoms with Gasteiger partial charge in [-0.2, -0.15) is 0 Å². The van der Waals surface area contributed by atoms with Crippen molar-refractivity contribution in [2.24, 2.45) is 5.84 Å². The summed E-state index contributed by atoms with van der Waals surface area (Å²) in [5.74, 6) is 5.72. The molecular weight excluding hydrogens is 234 g/mol. The zero-order valence-electron chi connectivity index (χ0n) is 14.0. The van der Waals surface area contributed by atoms with Crippen LogP contribution in [0.2, 0.25) is 0 Å². The molecule has 3 N–H and O–H groups in total. The fourth-order valence-corrected chi connectivity index (χ4v) is 2.43. The van der Waals surface area contributed by atoms with Crippen LogP contribution in [0.15, 0.2) is 0 Å². The number of nitrogens with two attached hydrogens (primary N) is 1. The number of hydrogen-bond acceptors (Lipinski definition) is 3. The molecule has 0 aromatic heterocycles. The van der Waals surface area contributed by atoms with E-state index in [0.29, 0.717) is 6.04 Å². The molecule has 0 heterocycles. The van der Waals surface area contributed by atoms with E-state index in [9.17, 15) is 0 Å². The second-order valence-electron chi connectivity index (χ2n) is 6.53. The average molecular weight is 271 g/mol. The molecule has 116 valence electrons. The molecule has 0 fully saturated rings. The highest BCUT2D eigenvalue weighted by Crippen LogP contribution is 2.20. The van der Waals surface area contributed by atoms with E-state index in [1.165, 1.54) is 51.4 Å². The summed E-state index contributed by atoms with van der Waals surface area (Å²) in [4.78, 5) is 2.25. The Morgan fingerprint density at radius 2 is 1.42 bits per heavy atom. The summed E-state index contributed by atoms with van der Waals surface area (Å²) in [6, 6.07) is 0.364. The summed E-state index contributed by atoms with van der Waals surface area (Å²) in [7, 11) is 4.25. The number of likely N-dealkylation sites (N-methyl/N-ethyl adjacent to an activating group) is 1. The highest BCUT2D eigenvalue weighted by atomic mass is 15.3. The maximum absolute atomic E-state index is 5.72. The largest absolute Gasteiger partial charge is 0.303 e. The Morgan fingerprint density at radius 3 is 1.84 bits per heavy atom. The molecule has 19 heavy (non-hydrogen) atoms. The normalized spacial score (nSPS) is 14.1. The van der Waals surface area contributed by atoms with E-state index in [1.807, 2.05) is 0 Å². The average Bonchev–Trinajstić information content (AvgIpc) is 2.36. The number of rotatable bonds is 12. The van der Waals surface area contributed by atoms with Gasteiger partial charge in [-0.25, -0.2) is 0 Å². The quantitative estimate of drug-likeness (QED) is 0.323. The van der Waals surface area contributed by atoms with Crippen LogP contribution in [0.1, 0.15) is 78.6 Å². The summed E-state index contributed by atoms with van der Waals surface area (Å²) in [5, 5.41) is 0. The highest BCUT2D eigenvalue weighted by molar-refractivity contribution is 4.89. The fourth-order valence-electron chi connectivity index (χ4n) is 2.43. The van der Waals surface area contributed by atoms with Gasteiger partial charge in [-0.3, -0.25) is 11.3 Å². The van der Waals surface area contributed by atoms with Crippen LogP contribution in [0.3, 0.4) is 0 Å². The first-order chi connectivity index (χ1) is 8.96. The van der Waals surface area contributed by atoms with Gasteiger partial charge < -0.3 is 4.90 Å². The predicted molar refractivity (Wildman–Crippen MR) is 86.1 cm³/mol. The van der Waals surface area contributed by atoms with Gasteiger partial charge in [0.2, 0.25) is 0 Å². The van der Waals surface area contributed by atoms with Gasteiger partial charge >= 0.3 is 0 Å². The molecule has 0 saturated heterocycles. The summed E-state index contributed by atoms with van der Waals surface area (Å²) in [6.07, 6.45) is 12.1. The smallest absolute Gasteiger partial charge is 0.0389 e. The molecule has 0 saturated carbocycles. The van der Waals surface area contributed by atoms with Crippen molar-refractivity contribution in [1.82, 2.24) is 10.3 Å². The third-order valence-corrected chi connectivity index (χ3v) is 4.55. The molecule has 0 amide bonds. The van der Waals surface area contributed by atoms with Gasteiger partial charge in [0, 0.05) is 11.6 Å². The Balaban J connectivity index is 3.68. The first kappa shape index (κ1) is 18.9. The minimum atomic E-state index is 0.107. The van der Waals surface area contributed by atoms with Crippen molar-refractivity contribution < 1.29 is 0 Å². The molecule has 0 radical (unpaired) electrons. The molecule has 0 bridgehead atoms. The molecule has 1 unspecified atom stereocenters. The maximum atomic E-state index is 5.72. The molecule has 0 aromatic rings. The zero-order valence-corrected chi connectivity index (χ0v) is 14.0. The van der Waals surface area contributed by atoms with Gasteiger partial charge in [0.25, 0.3) is 0 Å². The molecule has 3 heteroatoms. The van der Waals surface area contributed by atoms with Crippen molar-refractivity contribution in [3.63, 3.8) is 0 Å². The van der Waals surface area contributed by atoms with Crippen LogP contribution in [-0.4, -0.2) is 30.6 Å². The van der Waals surface area contributed by atoms with Crippen LogP contribution in [0, 0.1) is 0 Å². The molecule has 0 aromatic carbocycles. The number of unbranched alkanes of at least 4 members (excludes halogenated alkanes) is 7. The van der Waals surface area contributed by atoms with E-state index >= 15 is 0 Å². The molecule has 0 aliphatic rings. The van der Waals surface area contributed by atoms with Crippen LogP contribution in [-0.2, 0) is 0 Å². The van der Waals surface area contributed by atoms with Gasteiger partial charge in [0.1, 0.15) is 0 Å². The van der Waals surface area contributed by atoms with Crippen LogP contribution >= 0.6 is 0 Å². The lowest BCUT2D eigenvalue weighted by molar-refractivity contribution is 0.130. The second-order valence-corrected chi connectivity index (χ2v) is 6.53. The fraction of sp³-hybridized carbons (Fsp3) is 1.00. The van der Waals surface area contributed by atoms with E-state index in [1.54, 1.807) is 0 Å². The standard InChI is InChI=1S/C16H37N3/c1-6-7-8-9-10-11-12-13-14-15(18-17)16(2,3)19(4)5/h15,18H,6-14,17H2,1-5H3. The van der Waals surface area contributed by atoms with Gasteiger partial charge in [0.15, 0.2) is 0 Å². The minimum Gasteiger partial charge on any atom is -0.303 e. The molecule has 1 atom stereocenters. The van der Waals surface area contributed by atoms with E-state index in [0.717, 1.165) is 6.42 Å². The maximum Gasteiger partial charge on any atom is 0.0389 e. The van der Waals surface area contributed by atoms with E-state index in [4.69, 9.17) is 5.84 Å².